The van der Waals surface area contributed by atoms with Crippen LogP contribution in [0.15, 0.2) is 60.8 Å². The summed E-state index contributed by atoms with van der Waals surface area (Å²) in [5, 5.41) is 0.725. The summed E-state index contributed by atoms with van der Waals surface area (Å²) in [6.07, 6.45) is 5.22. The first kappa shape index (κ1) is 19.0. The van der Waals surface area contributed by atoms with Crippen molar-refractivity contribution in [1.29, 1.82) is 0 Å². The van der Waals surface area contributed by atoms with Crippen molar-refractivity contribution in [1.82, 2.24) is 9.88 Å². The third-order valence-electron chi connectivity index (χ3n) is 5.33. The number of methoxy groups -OCH3 is 1. The fourth-order valence-corrected chi connectivity index (χ4v) is 3.76. The molecule has 1 fully saturated rings. The van der Waals surface area contributed by atoms with Gasteiger partial charge in [0.05, 0.1) is 7.11 Å². The minimum Gasteiger partial charge on any atom is -0.496 e. The molecule has 0 unspecified atom stereocenters. The fourth-order valence-electron chi connectivity index (χ4n) is 3.57. The van der Waals surface area contributed by atoms with Gasteiger partial charge in [-0.05, 0) is 73.0 Å². The molecule has 144 valence electrons. The maximum absolute atomic E-state index is 6.18. The lowest BCUT2D eigenvalue weighted by molar-refractivity contribution is 0.183. The summed E-state index contributed by atoms with van der Waals surface area (Å²) in [7, 11) is 1.70. The Hall–Kier alpha value is -2.36. The Balaban J connectivity index is 1.49. The van der Waals surface area contributed by atoms with Gasteiger partial charge in [-0.3, -0.25) is 4.98 Å². The molecule has 0 saturated carbocycles. The Morgan fingerprint density at radius 3 is 2.57 bits per heavy atom. The molecule has 2 heterocycles. The van der Waals surface area contributed by atoms with Gasteiger partial charge in [-0.15, -0.1) is 0 Å². The van der Waals surface area contributed by atoms with Crippen molar-refractivity contribution < 1.29 is 4.74 Å². The summed E-state index contributed by atoms with van der Waals surface area (Å²) < 4.78 is 5.56. The number of halogens is 1. The number of ether oxygens (including phenoxy) is 1. The van der Waals surface area contributed by atoms with E-state index >= 15 is 0 Å². The van der Waals surface area contributed by atoms with Gasteiger partial charge in [0.1, 0.15) is 5.75 Å². The summed E-state index contributed by atoms with van der Waals surface area (Å²) in [6, 6.07) is 18.6. The number of aromatic nitrogens is 1. The molecule has 0 bridgehead atoms. The van der Waals surface area contributed by atoms with Crippen LogP contribution in [-0.2, 0) is 12.8 Å². The zero-order valence-electron chi connectivity index (χ0n) is 16.2. The molecule has 1 aliphatic rings. The van der Waals surface area contributed by atoms with E-state index in [1.165, 1.54) is 36.3 Å². The smallest absolute Gasteiger partial charge is 0.126 e. The van der Waals surface area contributed by atoms with E-state index in [9.17, 15) is 0 Å². The van der Waals surface area contributed by atoms with E-state index in [1.807, 2.05) is 30.5 Å². The van der Waals surface area contributed by atoms with Crippen LogP contribution in [0.5, 0.6) is 5.75 Å². The predicted octanol–water partition coefficient (Wildman–Crippen LogP) is 5.25. The van der Waals surface area contributed by atoms with Gasteiger partial charge in [0.25, 0.3) is 0 Å². The molecule has 0 radical (unpaired) electrons. The van der Waals surface area contributed by atoms with Crippen LogP contribution < -0.4 is 4.74 Å². The molecule has 4 heteroatoms. The molecule has 0 aliphatic carbocycles. The first-order chi connectivity index (χ1) is 13.7. The molecule has 1 saturated heterocycles. The molecule has 0 spiro atoms. The third kappa shape index (κ3) is 4.54. The average molecular weight is 393 g/mol. The Morgan fingerprint density at radius 2 is 1.89 bits per heavy atom. The Bertz CT molecular complexity index is 936. The van der Waals surface area contributed by atoms with E-state index in [-0.39, 0.29) is 0 Å². The lowest BCUT2D eigenvalue weighted by Gasteiger charge is -2.30. The molecule has 0 atom stereocenters. The van der Waals surface area contributed by atoms with Crippen LogP contribution >= 0.6 is 11.6 Å². The molecular weight excluding hydrogens is 368 g/mol. The van der Waals surface area contributed by atoms with Gasteiger partial charge in [-0.25, -0.2) is 0 Å². The van der Waals surface area contributed by atoms with Gasteiger partial charge < -0.3 is 9.64 Å². The molecule has 4 rings (SSSR count). The van der Waals surface area contributed by atoms with Crippen molar-refractivity contribution in [3.63, 3.8) is 0 Å². The molecule has 3 aromatic rings. The van der Waals surface area contributed by atoms with Crippen molar-refractivity contribution in [3.8, 4) is 16.9 Å². The van der Waals surface area contributed by atoms with Crippen LogP contribution in [0.4, 0.5) is 0 Å². The normalized spacial score (nSPS) is 13.9. The van der Waals surface area contributed by atoms with Crippen LogP contribution in [0.3, 0.4) is 0 Å². The summed E-state index contributed by atoms with van der Waals surface area (Å²) in [4.78, 5) is 7.14. The zero-order chi connectivity index (χ0) is 19.3. The second kappa shape index (κ2) is 8.76. The quantitative estimate of drug-likeness (QED) is 0.549. The first-order valence-electron chi connectivity index (χ1n) is 9.80. The lowest BCUT2D eigenvalue weighted by atomic mass is 9.98. The average Bonchev–Trinajstić information content (AvgIpc) is 2.68. The minimum atomic E-state index is 0.725. The number of hydrogen-bond donors (Lipinski definition) is 0. The van der Waals surface area contributed by atoms with Crippen molar-refractivity contribution >= 4 is 11.6 Å². The summed E-state index contributed by atoms with van der Waals surface area (Å²) in [5.41, 5.74) is 5.73. The standard InChI is InChI=1S/C24H25ClN2O/c1-28-24-9-7-18(15-23(24)20-4-2-5-21(25)16-20)14-19-6-8-22(26-17-19)10-13-27-11-3-12-27/h2,4-9,15-17H,3,10-14H2,1H3. The third-order valence-corrected chi connectivity index (χ3v) is 5.56. The highest BCUT2D eigenvalue weighted by molar-refractivity contribution is 6.30. The van der Waals surface area contributed by atoms with Gasteiger partial charge >= 0.3 is 0 Å². The Labute approximate surface area is 171 Å². The molecule has 2 aromatic carbocycles. The Morgan fingerprint density at radius 1 is 1.04 bits per heavy atom. The van der Waals surface area contributed by atoms with Gasteiger partial charge in [-0.1, -0.05) is 35.9 Å². The van der Waals surface area contributed by atoms with E-state index < -0.39 is 0 Å². The first-order valence-corrected chi connectivity index (χ1v) is 10.2. The van der Waals surface area contributed by atoms with Gasteiger partial charge in [-0.2, -0.15) is 0 Å². The number of hydrogen-bond acceptors (Lipinski definition) is 3. The van der Waals surface area contributed by atoms with Crippen LogP contribution in [0.2, 0.25) is 5.02 Å². The largest absolute Gasteiger partial charge is 0.496 e. The van der Waals surface area contributed by atoms with Gasteiger partial charge in [0.15, 0.2) is 0 Å². The Kier molecular flexibility index (Phi) is 5.94. The van der Waals surface area contributed by atoms with Crippen molar-refractivity contribution in [2.75, 3.05) is 26.7 Å². The lowest BCUT2D eigenvalue weighted by Crippen LogP contribution is -2.38. The summed E-state index contributed by atoms with van der Waals surface area (Å²) >= 11 is 6.18. The zero-order valence-corrected chi connectivity index (χ0v) is 17.0. The maximum atomic E-state index is 6.18. The fraction of sp³-hybridized carbons (Fsp3) is 0.292. The molecular formula is C24H25ClN2O. The van der Waals surface area contributed by atoms with Crippen molar-refractivity contribution in [2.45, 2.75) is 19.3 Å². The van der Waals surface area contributed by atoms with Crippen molar-refractivity contribution in [3.05, 3.63) is 82.6 Å². The van der Waals surface area contributed by atoms with E-state index in [0.717, 1.165) is 41.3 Å². The summed E-state index contributed by atoms with van der Waals surface area (Å²) in [5.74, 6) is 0.852. The molecule has 0 N–H and O–H groups in total. The van der Waals surface area contributed by atoms with Crippen LogP contribution in [0.25, 0.3) is 11.1 Å². The number of pyridine rings is 1. The highest BCUT2D eigenvalue weighted by Crippen LogP contribution is 2.32. The van der Waals surface area contributed by atoms with E-state index in [4.69, 9.17) is 16.3 Å². The molecule has 0 amide bonds. The van der Waals surface area contributed by atoms with Gasteiger partial charge in [0.2, 0.25) is 0 Å². The molecule has 28 heavy (non-hydrogen) atoms. The maximum Gasteiger partial charge on any atom is 0.126 e. The molecule has 1 aromatic heterocycles. The SMILES string of the molecule is COc1ccc(Cc2ccc(CCN3CCC3)nc2)cc1-c1cccc(Cl)c1. The monoisotopic (exact) mass is 392 g/mol. The summed E-state index contributed by atoms with van der Waals surface area (Å²) in [6.45, 7) is 3.60. The second-order valence-corrected chi connectivity index (χ2v) is 7.76. The van der Waals surface area contributed by atoms with Crippen LogP contribution in [0.1, 0.15) is 23.2 Å². The number of likely N-dealkylation sites (tertiary alicyclic amines) is 1. The number of nitrogens with zero attached hydrogens (tertiary/aromatic N) is 2. The minimum absolute atomic E-state index is 0.725. The predicted molar refractivity (Wildman–Crippen MR) is 115 cm³/mol. The number of rotatable bonds is 7. The van der Waals surface area contributed by atoms with E-state index in [0.29, 0.717) is 0 Å². The topological polar surface area (TPSA) is 25.4 Å². The van der Waals surface area contributed by atoms with Gasteiger partial charge in [0, 0.05) is 35.4 Å². The van der Waals surface area contributed by atoms with Crippen LogP contribution in [0, 0.1) is 0 Å². The van der Waals surface area contributed by atoms with E-state index in [1.54, 1.807) is 7.11 Å². The molecule has 3 nitrogen and oxygen atoms in total. The van der Waals surface area contributed by atoms with Crippen molar-refractivity contribution in [2.24, 2.45) is 0 Å². The van der Waals surface area contributed by atoms with E-state index in [2.05, 4.69) is 40.2 Å². The van der Waals surface area contributed by atoms with Crippen LogP contribution in [-0.4, -0.2) is 36.6 Å². The highest BCUT2D eigenvalue weighted by atomic mass is 35.5. The number of benzene rings is 2. The second-order valence-electron chi connectivity index (χ2n) is 7.32. The highest BCUT2D eigenvalue weighted by Gasteiger charge is 2.13. The molecule has 1 aliphatic heterocycles.